The highest BCUT2D eigenvalue weighted by molar-refractivity contribution is 9.10. The first-order chi connectivity index (χ1) is 9.10. The van der Waals surface area contributed by atoms with Crippen molar-refractivity contribution in [1.82, 2.24) is 5.43 Å². The Morgan fingerprint density at radius 1 is 1.37 bits per heavy atom. The normalized spacial score (nSPS) is 25.3. The molecule has 0 saturated heterocycles. The number of hydrazine groups is 1. The molecule has 0 bridgehead atoms. The van der Waals surface area contributed by atoms with Crippen LogP contribution in [-0.2, 0) is 6.42 Å². The smallest absolute Gasteiger partial charge is 0.0449 e. The largest absolute Gasteiger partial charge is 0.271 e. The van der Waals surface area contributed by atoms with Gasteiger partial charge in [0.25, 0.3) is 0 Å². The van der Waals surface area contributed by atoms with Crippen molar-refractivity contribution in [2.24, 2.45) is 17.7 Å². The summed E-state index contributed by atoms with van der Waals surface area (Å²) in [6, 6.07) is 6.40. The zero-order valence-electron chi connectivity index (χ0n) is 11.3. The van der Waals surface area contributed by atoms with Crippen molar-refractivity contribution in [3.8, 4) is 0 Å². The van der Waals surface area contributed by atoms with Crippen LogP contribution in [0.1, 0.15) is 38.2 Å². The molecule has 106 valence electrons. The lowest BCUT2D eigenvalue weighted by Crippen LogP contribution is -2.43. The van der Waals surface area contributed by atoms with Gasteiger partial charge in [0, 0.05) is 15.5 Å². The molecule has 1 aromatic carbocycles. The minimum atomic E-state index is 0.325. The summed E-state index contributed by atoms with van der Waals surface area (Å²) in [4.78, 5) is 0. The van der Waals surface area contributed by atoms with Crippen LogP contribution in [0.4, 0.5) is 0 Å². The number of benzene rings is 1. The van der Waals surface area contributed by atoms with E-state index in [1.165, 1.54) is 31.2 Å². The Balaban J connectivity index is 2.02. The molecule has 2 rings (SSSR count). The predicted molar refractivity (Wildman–Crippen MR) is 85.1 cm³/mol. The lowest BCUT2D eigenvalue weighted by molar-refractivity contribution is 0.229. The van der Waals surface area contributed by atoms with Crippen molar-refractivity contribution in [3.05, 3.63) is 33.3 Å². The second-order valence-electron chi connectivity index (χ2n) is 5.73. The molecule has 4 heteroatoms. The lowest BCUT2D eigenvalue weighted by atomic mass is 9.78. The van der Waals surface area contributed by atoms with Gasteiger partial charge in [-0.05, 0) is 48.8 Å². The first-order valence-electron chi connectivity index (χ1n) is 7.00. The average Bonchev–Trinajstić information content (AvgIpc) is 2.39. The summed E-state index contributed by atoms with van der Waals surface area (Å²) in [6.07, 6.45) is 6.07. The number of hydrogen-bond donors (Lipinski definition) is 2. The van der Waals surface area contributed by atoms with Crippen molar-refractivity contribution in [3.63, 3.8) is 0 Å². The molecule has 0 aromatic heterocycles. The van der Waals surface area contributed by atoms with Crippen molar-refractivity contribution < 1.29 is 0 Å². The molecule has 2 nitrogen and oxygen atoms in total. The Labute approximate surface area is 129 Å². The van der Waals surface area contributed by atoms with Gasteiger partial charge in [0.15, 0.2) is 0 Å². The lowest BCUT2D eigenvalue weighted by Gasteiger charge is -2.32. The summed E-state index contributed by atoms with van der Waals surface area (Å²) < 4.78 is 1.02. The third-order valence-electron chi connectivity index (χ3n) is 4.30. The minimum Gasteiger partial charge on any atom is -0.271 e. The highest BCUT2D eigenvalue weighted by Crippen LogP contribution is 2.32. The van der Waals surface area contributed by atoms with Crippen molar-refractivity contribution >= 4 is 27.5 Å². The molecule has 1 fully saturated rings. The van der Waals surface area contributed by atoms with E-state index in [0.717, 1.165) is 21.8 Å². The van der Waals surface area contributed by atoms with E-state index < -0.39 is 0 Å². The highest BCUT2D eigenvalue weighted by Gasteiger charge is 2.25. The molecule has 3 N–H and O–H groups in total. The average molecular weight is 346 g/mol. The van der Waals surface area contributed by atoms with Gasteiger partial charge in [0.1, 0.15) is 0 Å². The second kappa shape index (κ2) is 7.07. The Morgan fingerprint density at radius 3 is 2.63 bits per heavy atom. The molecule has 0 aliphatic heterocycles. The summed E-state index contributed by atoms with van der Waals surface area (Å²) >= 11 is 9.73. The second-order valence-corrected chi connectivity index (χ2v) is 7.06. The summed E-state index contributed by atoms with van der Waals surface area (Å²) in [5.74, 6) is 7.30. The molecule has 1 unspecified atom stereocenters. The van der Waals surface area contributed by atoms with Gasteiger partial charge in [0.05, 0.1) is 0 Å². The Hall–Kier alpha value is -0.0900. The van der Waals surface area contributed by atoms with Crippen LogP contribution in [0.5, 0.6) is 0 Å². The maximum atomic E-state index is 6.29. The van der Waals surface area contributed by atoms with E-state index in [0.29, 0.717) is 12.0 Å². The minimum absolute atomic E-state index is 0.325. The Bertz CT molecular complexity index is 417. The quantitative estimate of drug-likeness (QED) is 0.630. The van der Waals surface area contributed by atoms with Gasteiger partial charge in [-0.15, -0.1) is 0 Å². The van der Waals surface area contributed by atoms with Crippen LogP contribution in [0.25, 0.3) is 0 Å². The Morgan fingerprint density at radius 2 is 2.05 bits per heavy atom. The van der Waals surface area contributed by atoms with Crippen LogP contribution < -0.4 is 11.3 Å². The zero-order chi connectivity index (χ0) is 13.8. The number of nitrogens with two attached hydrogens (primary N) is 1. The van der Waals surface area contributed by atoms with Crippen molar-refractivity contribution in [1.29, 1.82) is 0 Å². The van der Waals surface area contributed by atoms with E-state index in [1.54, 1.807) is 0 Å². The van der Waals surface area contributed by atoms with E-state index in [9.17, 15) is 0 Å². The fourth-order valence-electron chi connectivity index (χ4n) is 2.97. The predicted octanol–water partition coefficient (Wildman–Crippen LogP) is 4.30. The van der Waals surface area contributed by atoms with Crippen molar-refractivity contribution in [2.75, 3.05) is 0 Å². The molecular weight excluding hydrogens is 324 g/mol. The molecule has 1 aliphatic carbocycles. The number of nitrogens with one attached hydrogen (secondary N) is 1. The van der Waals surface area contributed by atoms with E-state index in [1.807, 2.05) is 12.1 Å². The fraction of sp³-hybridized carbons (Fsp3) is 0.600. The molecule has 19 heavy (non-hydrogen) atoms. The van der Waals surface area contributed by atoms with Crippen LogP contribution in [0.3, 0.4) is 0 Å². The highest BCUT2D eigenvalue weighted by atomic mass is 79.9. The van der Waals surface area contributed by atoms with E-state index in [2.05, 4.69) is 34.3 Å². The van der Waals surface area contributed by atoms with Gasteiger partial charge in [-0.1, -0.05) is 53.4 Å². The first-order valence-corrected chi connectivity index (χ1v) is 8.17. The van der Waals surface area contributed by atoms with Gasteiger partial charge >= 0.3 is 0 Å². The molecule has 0 amide bonds. The molecular formula is C15H22BrClN2. The first kappa shape index (κ1) is 15.3. The van der Waals surface area contributed by atoms with Gasteiger partial charge < -0.3 is 0 Å². The maximum absolute atomic E-state index is 6.29. The number of hydrogen-bond acceptors (Lipinski definition) is 2. The van der Waals surface area contributed by atoms with Crippen molar-refractivity contribution in [2.45, 2.75) is 45.1 Å². The van der Waals surface area contributed by atoms with Gasteiger partial charge in [0.2, 0.25) is 0 Å². The monoisotopic (exact) mass is 344 g/mol. The van der Waals surface area contributed by atoms with E-state index >= 15 is 0 Å². The van der Waals surface area contributed by atoms with Crippen LogP contribution in [0, 0.1) is 11.8 Å². The number of rotatable bonds is 4. The fourth-order valence-corrected chi connectivity index (χ4v) is 3.72. The molecule has 0 radical (unpaired) electrons. The van der Waals surface area contributed by atoms with Crippen LogP contribution in [0.15, 0.2) is 22.7 Å². The summed E-state index contributed by atoms with van der Waals surface area (Å²) in [5, 5.41) is 0.818. The topological polar surface area (TPSA) is 38.0 Å². The molecule has 1 atom stereocenters. The van der Waals surface area contributed by atoms with Crippen LogP contribution in [-0.4, -0.2) is 6.04 Å². The molecule has 1 aliphatic rings. The van der Waals surface area contributed by atoms with Gasteiger partial charge in [-0.25, -0.2) is 0 Å². The van der Waals surface area contributed by atoms with Gasteiger partial charge in [-0.2, -0.15) is 0 Å². The molecule has 1 aromatic rings. The van der Waals surface area contributed by atoms with Crippen LogP contribution >= 0.6 is 27.5 Å². The number of halogens is 2. The summed E-state index contributed by atoms with van der Waals surface area (Å²) in [5.41, 5.74) is 4.18. The van der Waals surface area contributed by atoms with E-state index in [4.69, 9.17) is 17.4 Å². The molecule has 0 heterocycles. The third kappa shape index (κ3) is 4.19. The Kier molecular flexibility index (Phi) is 5.70. The molecule has 0 spiro atoms. The summed E-state index contributed by atoms with van der Waals surface area (Å²) in [6.45, 7) is 2.34. The maximum Gasteiger partial charge on any atom is 0.0449 e. The standard InChI is InChI=1S/C15H22BrClN2/c1-10-2-4-11(5-3-10)15(19-18)8-12-6-7-13(16)9-14(12)17/h6-7,9-11,15,19H,2-5,8,18H2,1H3. The summed E-state index contributed by atoms with van der Waals surface area (Å²) in [7, 11) is 0. The SMILES string of the molecule is CC1CCC(C(Cc2ccc(Br)cc2Cl)NN)CC1. The van der Waals surface area contributed by atoms with E-state index in [-0.39, 0.29) is 0 Å². The van der Waals surface area contributed by atoms with Crippen LogP contribution in [0.2, 0.25) is 5.02 Å². The third-order valence-corrected chi connectivity index (χ3v) is 5.14. The van der Waals surface area contributed by atoms with Gasteiger partial charge in [-0.3, -0.25) is 11.3 Å². The zero-order valence-corrected chi connectivity index (χ0v) is 13.7. The molecule has 1 saturated carbocycles.